The van der Waals surface area contributed by atoms with E-state index in [9.17, 15) is 9.59 Å². The molecule has 17 heavy (non-hydrogen) atoms. The van der Waals surface area contributed by atoms with Gasteiger partial charge in [-0.1, -0.05) is 22.9 Å². The quantitative estimate of drug-likeness (QED) is 0.846. The third kappa shape index (κ3) is 3.56. The van der Waals surface area contributed by atoms with Crippen LogP contribution in [0.25, 0.3) is 0 Å². The molecular formula is C12H14BrNO3. The normalized spacial score (nSPS) is 11.9. The molecule has 1 rings (SSSR count). The number of carbonyl (C=O) groups is 2. The van der Waals surface area contributed by atoms with Crippen molar-refractivity contribution >= 4 is 28.1 Å². The highest BCUT2D eigenvalue weighted by atomic mass is 79.9. The lowest BCUT2D eigenvalue weighted by atomic mass is 10.1. The molecule has 1 amide bonds. The minimum atomic E-state index is -0.424. The molecule has 0 aliphatic rings. The van der Waals surface area contributed by atoms with E-state index in [1.807, 2.05) is 13.0 Å². The fraction of sp³-hybridized carbons (Fsp3) is 0.333. The van der Waals surface area contributed by atoms with Gasteiger partial charge < -0.3 is 10.5 Å². The molecule has 1 aromatic carbocycles. The summed E-state index contributed by atoms with van der Waals surface area (Å²) in [5.74, 6) is -0.318. The van der Waals surface area contributed by atoms with E-state index in [-0.39, 0.29) is 6.61 Å². The summed E-state index contributed by atoms with van der Waals surface area (Å²) in [7, 11) is 0. The third-order valence-corrected chi connectivity index (χ3v) is 2.82. The lowest BCUT2D eigenvalue weighted by Crippen LogP contribution is -2.26. The van der Waals surface area contributed by atoms with Gasteiger partial charge in [-0.3, -0.25) is 9.59 Å². The van der Waals surface area contributed by atoms with Gasteiger partial charge in [0.15, 0.2) is 6.29 Å². The fourth-order valence-corrected chi connectivity index (χ4v) is 1.92. The molecule has 0 radical (unpaired) electrons. The van der Waals surface area contributed by atoms with Crippen LogP contribution in [0.5, 0.6) is 5.75 Å². The van der Waals surface area contributed by atoms with Crippen LogP contribution in [0.1, 0.15) is 22.8 Å². The van der Waals surface area contributed by atoms with Gasteiger partial charge in [0.2, 0.25) is 5.91 Å². The lowest BCUT2D eigenvalue weighted by Gasteiger charge is -2.14. The van der Waals surface area contributed by atoms with Crippen LogP contribution in [0.4, 0.5) is 0 Å². The molecule has 0 bridgehead atoms. The first-order valence-corrected chi connectivity index (χ1v) is 5.92. The van der Waals surface area contributed by atoms with Crippen molar-refractivity contribution in [1.82, 2.24) is 0 Å². The largest absolute Gasteiger partial charge is 0.492 e. The minimum Gasteiger partial charge on any atom is -0.492 e. The number of amides is 1. The number of nitrogens with two attached hydrogens (primary N) is 1. The molecule has 0 fully saturated rings. The second-order valence-electron chi connectivity index (χ2n) is 3.87. The predicted octanol–water partition coefficient (Wildman–Crippen LogP) is 2.07. The number of aldehydes is 1. The second-order valence-corrected chi connectivity index (χ2v) is 4.79. The average Bonchev–Trinajstić information content (AvgIpc) is 2.26. The highest BCUT2D eigenvalue weighted by molar-refractivity contribution is 9.10. The number of halogens is 1. The summed E-state index contributed by atoms with van der Waals surface area (Å²) in [6, 6.07) is 3.52. The van der Waals surface area contributed by atoms with Gasteiger partial charge in [0.1, 0.15) is 5.75 Å². The molecule has 1 aromatic rings. The molecule has 1 unspecified atom stereocenters. The van der Waals surface area contributed by atoms with Crippen molar-refractivity contribution < 1.29 is 14.3 Å². The van der Waals surface area contributed by atoms with Crippen LogP contribution in [-0.2, 0) is 4.79 Å². The van der Waals surface area contributed by atoms with Gasteiger partial charge in [-0.2, -0.15) is 0 Å². The number of hydrogen-bond donors (Lipinski definition) is 1. The van der Waals surface area contributed by atoms with Gasteiger partial charge in [-0.15, -0.1) is 0 Å². The summed E-state index contributed by atoms with van der Waals surface area (Å²) in [6.45, 7) is 3.68. The van der Waals surface area contributed by atoms with Gasteiger partial charge in [0, 0.05) is 4.47 Å². The summed E-state index contributed by atoms with van der Waals surface area (Å²) < 4.78 is 6.30. The maximum Gasteiger partial charge on any atom is 0.223 e. The summed E-state index contributed by atoms with van der Waals surface area (Å²) in [5, 5.41) is 0. The number of benzene rings is 1. The molecule has 0 spiro atoms. The van der Waals surface area contributed by atoms with Crippen molar-refractivity contribution in [2.75, 3.05) is 6.61 Å². The van der Waals surface area contributed by atoms with E-state index in [1.165, 1.54) is 0 Å². The smallest absolute Gasteiger partial charge is 0.223 e. The molecule has 0 aliphatic carbocycles. The van der Waals surface area contributed by atoms with Gasteiger partial charge in [0.25, 0.3) is 0 Å². The van der Waals surface area contributed by atoms with Crippen LogP contribution in [0, 0.1) is 12.8 Å². The lowest BCUT2D eigenvalue weighted by molar-refractivity contribution is -0.122. The third-order valence-electron chi connectivity index (χ3n) is 2.36. The van der Waals surface area contributed by atoms with Crippen LogP contribution in [0.15, 0.2) is 16.6 Å². The van der Waals surface area contributed by atoms with E-state index in [0.717, 1.165) is 16.3 Å². The maximum atomic E-state index is 10.9. The highest BCUT2D eigenvalue weighted by Crippen LogP contribution is 2.27. The van der Waals surface area contributed by atoms with Gasteiger partial charge in [-0.25, -0.2) is 0 Å². The Morgan fingerprint density at radius 3 is 2.76 bits per heavy atom. The van der Waals surface area contributed by atoms with Crippen molar-refractivity contribution in [3.63, 3.8) is 0 Å². The first-order valence-electron chi connectivity index (χ1n) is 5.13. The van der Waals surface area contributed by atoms with Gasteiger partial charge in [0.05, 0.1) is 18.1 Å². The van der Waals surface area contributed by atoms with E-state index in [0.29, 0.717) is 11.3 Å². The minimum absolute atomic E-state index is 0.165. The van der Waals surface area contributed by atoms with Crippen molar-refractivity contribution in [1.29, 1.82) is 0 Å². The zero-order valence-electron chi connectivity index (χ0n) is 9.70. The van der Waals surface area contributed by atoms with Gasteiger partial charge in [-0.05, 0) is 24.6 Å². The summed E-state index contributed by atoms with van der Waals surface area (Å²) in [4.78, 5) is 21.8. The number of carbonyl (C=O) groups excluding carboxylic acids is 2. The van der Waals surface area contributed by atoms with E-state index >= 15 is 0 Å². The summed E-state index contributed by atoms with van der Waals surface area (Å²) in [6.07, 6.45) is 0.724. The van der Waals surface area contributed by atoms with E-state index in [4.69, 9.17) is 10.5 Å². The van der Waals surface area contributed by atoms with Gasteiger partial charge >= 0.3 is 0 Å². The maximum absolute atomic E-state index is 10.9. The number of rotatable bonds is 5. The molecule has 0 saturated heterocycles. The number of aryl methyl sites for hydroxylation is 1. The molecule has 4 nitrogen and oxygen atoms in total. The summed E-state index contributed by atoms with van der Waals surface area (Å²) in [5.41, 5.74) is 6.42. The Labute approximate surface area is 108 Å². The first kappa shape index (κ1) is 13.7. The van der Waals surface area contributed by atoms with Crippen LogP contribution in [-0.4, -0.2) is 18.8 Å². The first-order chi connectivity index (χ1) is 7.95. The molecule has 2 N–H and O–H groups in total. The predicted molar refractivity (Wildman–Crippen MR) is 68.1 cm³/mol. The Morgan fingerprint density at radius 2 is 2.24 bits per heavy atom. The van der Waals surface area contributed by atoms with Crippen molar-refractivity contribution in [2.45, 2.75) is 13.8 Å². The van der Waals surface area contributed by atoms with Crippen LogP contribution < -0.4 is 10.5 Å². The average molecular weight is 300 g/mol. The van der Waals surface area contributed by atoms with E-state index < -0.39 is 11.8 Å². The van der Waals surface area contributed by atoms with E-state index in [2.05, 4.69) is 15.9 Å². The molecule has 5 heteroatoms. The Morgan fingerprint density at radius 1 is 1.59 bits per heavy atom. The summed E-state index contributed by atoms with van der Waals surface area (Å²) >= 11 is 3.30. The molecular weight excluding hydrogens is 286 g/mol. The molecule has 0 saturated carbocycles. The number of primary amides is 1. The SMILES string of the molecule is Cc1cc(Br)cc(C=O)c1OCC(C)C(N)=O. The molecule has 92 valence electrons. The topological polar surface area (TPSA) is 69.4 Å². The van der Waals surface area contributed by atoms with Crippen LogP contribution in [0.3, 0.4) is 0 Å². The Balaban J connectivity index is 2.90. The fourth-order valence-electron chi connectivity index (χ4n) is 1.33. The van der Waals surface area contributed by atoms with E-state index in [1.54, 1.807) is 13.0 Å². The Hall–Kier alpha value is -1.36. The molecule has 0 aromatic heterocycles. The van der Waals surface area contributed by atoms with Crippen LogP contribution in [0.2, 0.25) is 0 Å². The second kappa shape index (κ2) is 5.82. The molecule has 0 heterocycles. The molecule has 1 atom stereocenters. The Bertz CT molecular complexity index is 446. The van der Waals surface area contributed by atoms with Crippen molar-refractivity contribution in [3.8, 4) is 5.75 Å². The zero-order chi connectivity index (χ0) is 13.0. The Kier molecular flexibility index (Phi) is 4.69. The molecule has 0 aliphatic heterocycles. The zero-order valence-corrected chi connectivity index (χ0v) is 11.3. The number of hydrogen-bond acceptors (Lipinski definition) is 3. The standard InChI is InChI=1S/C12H14BrNO3/c1-7-3-10(13)4-9(5-15)11(7)17-6-8(2)12(14)16/h3-5,8H,6H2,1-2H3,(H2,14,16). The monoisotopic (exact) mass is 299 g/mol. The number of ether oxygens (including phenoxy) is 1. The highest BCUT2D eigenvalue weighted by Gasteiger charge is 2.13. The van der Waals surface area contributed by atoms with Crippen molar-refractivity contribution in [3.05, 3.63) is 27.7 Å². The van der Waals surface area contributed by atoms with Crippen LogP contribution >= 0.6 is 15.9 Å². The van der Waals surface area contributed by atoms with Crippen molar-refractivity contribution in [2.24, 2.45) is 11.7 Å².